The summed E-state index contributed by atoms with van der Waals surface area (Å²) in [5.74, 6) is 0.0168. The number of aryl methyl sites for hydroxylation is 1. The van der Waals surface area contributed by atoms with E-state index in [9.17, 15) is 4.79 Å². The van der Waals surface area contributed by atoms with E-state index in [1.54, 1.807) is 12.3 Å². The number of anilines is 1. The van der Waals surface area contributed by atoms with Crippen LogP contribution in [0.4, 0.5) is 5.69 Å². The van der Waals surface area contributed by atoms with E-state index in [-0.39, 0.29) is 5.78 Å². The number of unbranched alkanes of at least 4 members (excludes halogenated alkanes) is 2. The van der Waals surface area contributed by atoms with Crippen LogP contribution in [0.3, 0.4) is 0 Å². The van der Waals surface area contributed by atoms with Crippen molar-refractivity contribution in [3.63, 3.8) is 0 Å². The van der Waals surface area contributed by atoms with Gasteiger partial charge in [0.25, 0.3) is 0 Å². The quantitative estimate of drug-likeness (QED) is 0.252. The lowest BCUT2D eigenvalue weighted by molar-refractivity contribution is 0.104. The zero-order valence-corrected chi connectivity index (χ0v) is 15.5. The molecular weight excluding hydrogens is 397 g/mol. The van der Waals surface area contributed by atoms with Crippen molar-refractivity contribution >= 4 is 34.1 Å². The normalized spacial score (nSPS) is 10.9. The highest BCUT2D eigenvalue weighted by atomic mass is 127. The zero-order valence-electron chi connectivity index (χ0n) is 13.4. The van der Waals surface area contributed by atoms with Gasteiger partial charge in [-0.2, -0.15) is 0 Å². The molecule has 0 saturated heterocycles. The van der Waals surface area contributed by atoms with Crippen molar-refractivity contribution in [2.45, 2.75) is 32.6 Å². The van der Waals surface area contributed by atoms with E-state index in [0.717, 1.165) is 17.7 Å². The average molecular weight is 419 g/mol. The lowest BCUT2D eigenvalue weighted by Gasteiger charge is -2.02. The fourth-order valence-electron chi connectivity index (χ4n) is 2.27. The van der Waals surface area contributed by atoms with Gasteiger partial charge in [0.15, 0.2) is 5.78 Å². The standard InChI is InChI=1S/C20H22INO/c1-2-3-4-5-16-6-8-17(9-7-16)20(23)14-15-22-19-12-10-18(21)11-13-19/h6-15,22H,2-5H2,1H3/b15-14+. The molecule has 2 aromatic carbocycles. The molecule has 2 rings (SSSR count). The van der Waals surface area contributed by atoms with E-state index in [4.69, 9.17) is 0 Å². The van der Waals surface area contributed by atoms with Gasteiger partial charge in [-0.25, -0.2) is 0 Å². The van der Waals surface area contributed by atoms with Gasteiger partial charge in [0, 0.05) is 27.1 Å². The van der Waals surface area contributed by atoms with Crippen LogP contribution >= 0.6 is 22.6 Å². The van der Waals surface area contributed by atoms with Crippen LogP contribution in [0.2, 0.25) is 0 Å². The molecule has 0 amide bonds. The maximum absolute atomic E-state index is 12.1. The van der Waals surface area contributed by atoms with Crippen LogP contribution < -0.4 is 5.32 Å². The van der Waals surface area contributed by atoms with Crippen LogP contribution in [-0.2, 0) is 6.42 Å². The number of ketones is 1. The third-order valence-electron chi connectivity index (χ3n) is 3.64. The Morgan fingerprint density at radius 3 is 2.39 bits per heavy atom. The molecule has 2 nitrogen and oxygen atoms in total. The minimum atomic E-state index is 0.0168. The minimum Gasteiger partial charge on any atom is -0.362 e. The van der Waals surface area contributed by atoms with E-state index in [1.807, 2.05) is 36.4 Å². The average Bonchev–Trinajstić information content (AvgIpc) is 2.57. The molecule has 0 aliphatic carbocycles. The Labute approximate surface area is 152 Å². The molecule has 23 heavy (non-hydrogen) atoms. The summed E-state index contributed by atoms with van der Waals surface area (Å²) in [7, 11) is 0. The smallest absolute Gasteiger partial charge is 0.187 e. The second-order valence-corrected chi connectivity index (χ2v) is 6.75. The molecule has 1 N–H and O–H groups in total. The molecule has 0 saturated carbocycles. The van der Waals surface area contributed by atoms with Crippen molar-refractivity contribution < 1.29 is 4.79 Å². The Kier molecular flexibility index (Phi) is 7.33. The Morgan fingerprint density at radius 2 is 1.74 bits per heavy atom. The molecular formula is C20H22INO. The van der Waals surface area contributed by atoms with Gasteiger partial charge in [-0.05, 0) is 65.3 Å². The topological polar surface area (TPSA) is 29.1 Å². The highest BCUT2D eigenvalue weighted by Gasteiger charge is 2.01. The molecule has 0 spiro atoms. The zero-order chi connectivity index (χ0) is 16.5. The van der Waals surface area contributed by atoms with E-state index in [1.165, 1.54) is 28.4 Å². The van der Waals surface area contributed by atoms with Crippen molar-refractivity contribution in [3.8, 4) is 0 Å². The van der Waals surface area contributed by atoms with Crippen molar-refractivity contribution in [2.75, 3.05) is 5.32 Å². The Morgan fingerprint density at radius 1 is 1.04 bits per heavy atom. The number of nitrogens with one attached hydrogen (secondary N) is 1. The van der Waals surface area contributed by atoms with E-state index in [0.29, 0.717) is 0 Å². The molecule has 0 heterocycles. The Hall–Kier alpha value is -1.62. The Bertz CT molecular complexity index is 644. The molecule has 0 aromatic heterocycles. The largest absolute Gasteiger partial charge is 0.362 e. The van der Waals surface area contributed by atoms with E-state index in [2.05, 4.69) is 47.0 Å². The van der Waals surface area contributed by atoms with Gasteiger partial charge in [-0.1, -0.05) is 44.0 Å². The fourth-order valence-corrected chi connectivity index (χ4v) is 2.63. The van der Waals surface area contributed by atoms with Crippen LogP contribution in [0.5, 0.6) is 0 Å². The first kappa shape index (κ1) is 17.7. The predicted molar refractivity (Wildman–Crippen MR) is 106 cm³/mol. The maximum atomic E-state index is 12.1. The number of benzene rings is 2. The Balaban J connectivity index is 1.87. The number of carbonyl (C=O) groups excluding carboxylic acids is 1. The number of carbonyl (C=O) groups is 1. The summed E-state index contributed by atoms with van der Waals surface area (Å²) < 4.78 is 1.19. The van der Waals surface area contributed by atoms with Crippen LogP contribution in [0, 0.1) is 3.57 Å². The highest BCUT2D eigenvalue weighted by molar-refractivity contribution is 14.1. The van der Waals surface area contributed by atoms with Gasteiger partial charge in [0.2, 0.25) is 0 Å². The maximum Gasteiger partial charge on any atom is 0.187 e. The van der Waals surface area contributed by atoms with Gasteiger partial charge in [-0.3, -0.25) is 4.79 Å². The second kappa shape index (κ2) is 9.50. The van der Waals surface area contributed by atoms with Crippen molar-refractivity contribution in [1.29, 1.82) is 0 Å². The van der Waals surface area contributed by atoms with Gasteiger partial charge in [0.05, 0.1) is 0 Å². The number of hydrogen-bond acceptors (Lipinski definition) is 2. The molecule has 3 heteroatoms. The molecule has 0 bridgehead atoms. The summed E-state index contributed by atoms with van der Waals surface area (Å²) in [4.78, 5) is 12.1. The number of halogens is 1. The SMILES string of the molecule is CCCCCc1ccc(C(=O)/C=C/Nc2ccc(I)cc2)cc1. The lowest BCUT2D eigenvalue weighted by Crippen LogP contribution is -1.97. The van der Waals surface area contributed by atoms with Crippen molar-refractivity contribution in [1.82, 2.24) is 0 Å². The summed E-state index contributed by atoms with van der Waals surface area (Å²) >= 11 is 2.27. The first-order valence-electron chi connectivity index (χ1n) is 8.01. The monoisotopic (exact) mass is 419 g/mol. The lowest BCUT2D eigenvalue weighted by atomic mass is 10.0. The second-order valence-electron chi connectivity index (χ2n) is 5.50. The van der Waals surface area contributed by atoms with Crippen LogP contribution in [0.25, 0.3) is 0 Å². The molecule has 120 valence electrons. The van der Waals surface area contributed by atoms with E-state index >= 15 is 0 Å². The third kappa shape index (κ3) is 6.18. The number of allylic oxidation sites excluding steroid dienone is 1. The minimum absolute atomic E-state index is 0.0168. The molecule has 2 aromatic rings. The fraction of sp³-hybridized carbons (Fsp3) is 0.250. The first-order valence-corrected chi connectivity index (χ1v) is 9.09. The van der Waals surface area contributed by atoms with Gasteiger partial charge in [-0.15, -0.1) is 0 Å². The van der Waals surface area contributed by atoms with Crippen molar-refractivity contribution in [2.24, 2.45) is 0 Å². The summed E-state index contributed by atoms with van der Waals surface area (Å²) in [5.41, 5.74) is 3.00. The predicted octanol–water partition coefficient (Wildman–Crippen LogP) is 5.83. The molecule has 0 aliphatic heterocycles. The van der Waals surface area contributed by atoms with Crippen LogP contribution in [0.15, 0.2) is 60.8 Å². The number of rotatable bonds is 8. The van der Waals surface area contributed by atoms with Gasteiger partial charge >= 0.3 is 0 Å². The first-order chi connectivity index (χ1) is 11.2. The van der Waals surface area contributed by atoms with Crippen molar-refractivity contribution in [3.05, 3.63) is 75.5 Å². The molecule has 0 aliphatic rings. The summed E-state index contributed by atoms with van der Waals surface area (Å²) in [6, 6.07) is 16.0. The van der Waals surface area contributed by atoms with Gasteiger partial charge < -0.3 is 5.32 Å². The van der Waals surface area contributed by atoms with Crippen LogP contribution in [-0.4, -0.2) is 5.78 Å². The molecule has 0 fully saturated rings. The van der Waals surface area contributed by atoms with Gasteiger partial charge in [0.1, 0.15) is 0 Å². The molecule has 0 unspecified atom stereocenters. The molecule has 0 radical (unpaired) electrons. The van der Waals surface area contributed by atoms with E-state index < -0.39 is 0 Å². The summed E-state index contributed by atoms with van der Waals surface area (Å²) in [6.07, 6.45) is 8.06. The highest BCUT2D eigenvalue weighted by Crippen LogP contribution is 2.12. The third-order valence-corrected chi connectivity index (χ3v) is 4.36. The summed E-state index contributed by atoms with van der Waals surface area (Å²) in [5, 5.41) is 3.11. The van der Waals surface area contributed by atoms with Crippen LogP contribution in [0.1, 0.15) is 42.1 Å². The molecule has 0 atom stereocenters. The summed E-state index contributed by atoms with van der Waals surface area (Å²) in [6.45, 7) is 2.21. The number of hydrogen-bond donors (Lipinski definition) is 1.